The van der Waals surface area contributed by atoms with Crippen LogP contribution in [-0.2, 0) is 4.74 Å². The van der Waals surface area contributed by atoms with Gasteiger partial charge in [-0.1, -0.05) is 0 Å². The highest BCUT2D eigenvalue weighted by Gasteiger charge is 2.26. The Morgan fingerprint density at radius 2 is 1.91 bits per heavy atom. The van der Waals surface area contributed by atoms with E-state index in [0.29, 0.717) is 6.04 Å². The van der Waals surface area contributed by atoms with E-state index in [1.807, 2.05) is 12.1 Å². The van der Waals surface area contributed by atoms with Gasteiger partial charge in [0.15, 0.2) is 0 Å². The molecule has 2 saturated heterocycles. The number of amides is 1. The third kappa shape index (κ3) is 4.52. The molecule has 0 bridgehead atoms. The molecule has 2 fully saturated rings. The number of rotatable bonds is 6. The maximum Gasteiger partial charge on any atom is 0.254 e. The lowest BCUT2D eigenvalue weighted by molar-refractivity contribution is 0.0281. The lowest BCUT2D eigenvalue weighted by Gasteiger charge is -2.35. The van der Waals surface area contributed by atoms with Crippen LogP contribution in [0.2, 0.25) is 0 Å². The molecular weight excluding hydrogens is 290 g/mol. The van der Waals surface area contributed by atoms with E-state index in [2.05, 4.69) is 14.8 Å². The molecule has 0 saturated carbocycles. The molecule has 0 radical (unpaired) electrons. The molecule has 23 heavy (non-hydrogen) atoms. The lowest BCUT2D eigenvalue weighted by Crippen LogP contribution is -2.44. The van der Waals surface area contributed by atoms with Crippen molar-refractivity contribution < 1.29 is 9.53 Å². The molecule has 0 spiro atoms. The molecule has 0 aliphatic carbocycles. The van der Waals surface area contributed by atoms with Crippen LogP contribution < -0.4 is 0 Å². The molecule has 5 heteroatoms. The van der Waals surface area contributed by atoms with Crippen LogP contribution in [0, 0.1) is 0 Å². The summed E-state index contributed by atoms with van der Waals surface area (Å²) in [4.78, 5) is 21.5. The summed E-state index contributed by atoms with van der Waals surface area (Å²) < 4.78 is 5.46. The summed E-state index contributed by atoms with van der Waals surface area (Å²) in [5.74, 6) is 0.140. The number of likely N-dealkylation sites (tertiary alicyclic amines) is 1. The fourth-order valence-corrected chi connectivity index (χ4v) is 3.58. The molecule has 1 amide bonds. The van der Waals surface area contributed by atoms with E-state index in [0.717, 1.165) is 51.1 Å². The Morgan fingerprint density at radius 1 is 1.22 bits per heavy atom. The molecule has 0 aromatic carbocycles. The molecule has 0 N–H and O–H groups in total. The molecule has 2 aliphatic heterocycles. The van der Waals surface area contributed by atoms with Gasteiger partial charge < -0.3 is 14.5 Å². The normalized spacial score (nSPS) is 19.8. The predicted octanol–water partition coefficient (Wildman–Crippen LogP) is 2.19. The van der Waals surface area contributed by atoms with Crippen LogP contribution in [-0.4, -0.2) is 66.1 Å². The van der Waals surface area contributed by atoms with Crippen molar-refractivity contribution in [2.24, 2.45) is 0 Å². The Morgan fingerprint density at radius 3 is 2.61 bits per heavy atom. The van der Waals surface area contributed by atoms with Crippen molar-refractivity contribution in [1.82, 2.24) is 14.8 Å². The quantitative estimate of drug-likeness (QED) is 0.807. The van der Waals surface area contributed by atoms with Gasteiger partial charge in [0, 0.05) is 43.8 Å². The number of aromatic nitrogens is 1. The summed E-state index contributed by atoms with van der Waals surface area (Å²) >= 11 is 0. The summed E-state index contributed by atoms with van der Waals surface area (Å²) in [7, 11) is 0. The smallest absolute Gasteiger partial charge is 0.254 e. The number of carbonyl (C=O) groups excluding carboxylic acids is 1. The van der Waals surface area contributed by atoms with Gasteiger partial charge in [0.2, 0.25) is 0 Å². The molecule has 126 valence electrons. The molecule has 3 rings (SSSR count). The van der Waals surface area contributed by atoms with E-state index in [9.17, 15) is 4.79 Å². The fraction of sp³-hybridized carbons (Fsp3) is 0.667. The first-order valence-corrected chi connectivity index (χ1v) is 8.86. The SMILES string of the molecule is O=C(c1ccncc1)N(CCCN1CCCC1)C1CCOCC1. The van der Waals surface area contributed by atoms with Crippen molar-refractivity contribution in [3.63, 3.8) is 0 Å². The third-order valence-electron chi connectivity index (χ3n) is 4.89. The Kier molecular flexibility index (Phi) is 6.00. The first-order chi connectivity index (χ1) is 11.3. The highest BCUT2D eigenvalue weighted by Crippen LogP contribution is 2.18. The average Bonchev–Trinajstić information content (AvgIpc) is 3.13. The molecule has 1 aromatic heterocycles. The van der Waals surface area contributed by atoms with Crippen molar-refractivity contribution in [3.05, 3.63) is 30.1 Å². The predicted molar refractivity (Wildman–Crippen MR) is 89.4 cm³/mol. The topological polar surface area (TPSA) is 45.7 Å². The number of carbonyl (C=O) groups is 1. The maximum atomic E-state index is 12.9. The first kappa shape index (κ1) is 16.4. The fourth-order valence-electron chi connectivity index (χ4n) is 3.58. The van der Waals surface area contributed by atoms with Gasteiger partial charge in [-0.15, -0.1) is 0 Å². The minimum absolute atomic E-state index is 0.140. The van der Waals surface area contributed by atoms with Crippen molar-refractivity contribution in [1.29, 1.82) is 0 Å². The molecule has 3 heterocycles. The minimum Gasteiger partial charge on any atom is -0.381 e. The van der Waals surface area contributed by atoms with Crippen molar-refractivity contribution in [2.75, 3.05) is 39.4 Å². The van der Waals surface area contributed by atoms with E-state index >= 15 is 0 Å². The molecular formula is C18H27N3O2. The van der Waals surface area contributed by atoms with Crippen LogP contribution in [0.25, 0.3) is 0 Å². The summed E-state index contributed by atoms with van der Waals surface area (Å²) in [6, 6.07) is 3.94. The number of ether oxygens (including phenoxy) is 1. The zero-order valence-corrected chi connectivity index (χ0v) is 13.8. The Balaban J connectivity index is 1.61. The maximum absolute atomic E-state index is 12.9. The Bertz CT molecular complexity index is 482. The first-order valence-electron chi connectivity index (χ1n) is 8.86. The second kappa shape index (κ2) is 8.41. The zero-order chi connectivity index (χ0) is 15.9. The highest BCUT2D eigenvalue weighted by atomic mass is 16.5. The summed E-state index contributed by atoms with van der Waals surface area (Å²) in [6.45, 7) is 5.89. The Hall–Kier alpha value is -1.46. The van der Waals surface area contributed by atoms with Gasteiger partial charge in [0.05, 0.1) is 0 Å². The second-order valence-corrected chi connectivity index (χ2v) is 6.48. The van der Waals surface area contributed by atoms with Gasteiger partial charge in [-0.3, -0.25) is 9.78 Å². The van der Waals surface area contributed by atoms with Crippen LogP contribution in [0.15, 0.2) is 24.5 Å². The van der Waals surface area contributed by atoms with Crippen molar-refractivity contribution in [3.8, 4) is 0 Å². The van der Waals surface area contributed by atoms with Crippen molar-refractivity contribution in [2.45, 2.75) is 38.1 Å². The summed E-state index contributed by atoms with van der Waals surface area (Å²) in [5.41, 5.74) is 0.743. The van der Waals surface area contributed by atoms with Crippen LogP contribution in [0.5, 0.6) is 0 Å². The monoisotopic (exact) mass is 317 g/mol. The summed E-state index contributed by atoms with van der Waals surface area (Å²) in [6.07, 6.45) is 8.97. The Labute approximate surface area is 138 Å². The summed E-state index contributed by atoms with van der Waals surface area (Å²) in [5, 5.41) is 0. The van der Waals surface area contributed by atoms with E-state index in [1.54, 1.807) is 12.4 Å². The third-order valence-corrected chi connectivity index (χ3v) is 4.89. The van der Waals surface area contributed by atoms with Gasteiger partial charge in [0.1, 0.15) is 0 Å². The standard InChI is InChI=1S/C18H27N3O2/c22-18(16-4-8-19-9-5-16)21(17-6-14-23-15-7-17)13-3-12-20-10-1-2-11-20/h4-5,8-9,17H,1-3,6-7,10-15H2. The van der Waals surface area contributed by atoms with Crippen LogP contribution in [0.1, 0.15) is 42.5 Å². The average molecular weight is 317 g/mol. The van der Waals surface area contributed by atoms with Crippen LogP contribution in [0.3, 0.4) is 0 Å². The van der Waals surface area contributed by atoms with E-state index in [4.69, 9.17) is 4.74 Å². The van der Waals surface area contributed by atoms with Gasteiger partial charge in [0.25, 0.3) is 5.91 Å². The number of pyridine rings is 1. The molecule has 5 nitrogen and oxygen atoms in total. The molecule has 0 unspecified atom stereocenters. The second-order valence-electron chi connectivity index (χ2n) is 6.48. The van der Waals surface area contributed by atoms with Gasteiger partial charge in [-0.2, -0.15) is 0 Å². The molecule has 2 aliphatic rings. The highest BCUT2D eigenvalue weighted by molar-refractivity contribution is 5.94. The van der Waals surface area contributed by atoms with Gasteiger partial charge in [-0.25, -0.2) is 0 Å². The van der Waals surface area contributed by atoms with Gasteiger partial charge in [-0.05, 0) is 63.9 Å². The lowest BCUT2D eigenvalue weighted by atomic mass is 10.1. The van der Waals surface area contributed by atoms with Crippen LogP contribution >= 0.6 is 0 Å². The van der Waals surface area contributed by atoms with E-state index in [1.165, 1.54) is 25.9 Å². The van der Waals surface area contributed by atoms with E-state index < -0.39 is 0 Å². The number of nitrogens with zero attached hydrogens (tertiary/aromatic N) is 3. The minimum atomic E-state index is 0.140. The zero-order valence-electron chi connectivity index (χ0n) is 13.8. The van der Waals surface area contributed by atoms with Gasteiger partial charge >= 0.3 is 0 Å². The van der Waals surface area contributed by atoms with Crippen LogP contribution in [0.4, 0.5) is 0 Å². The van der Waals surface area contributed by atoms with E-state index in [-0.39, 0.29) is 5.91 Å². The number of hydrogen-bond acceptors (Lipinski definition) is 4. The molecule has 0 atom stereocenters. The largest absolute Gasteiger partial charge is 0.381 e. The molecule has 1 aromatic rings. The number of hydrogen-bond donors (Lipinski definition) is 0. The van der Waals surface area contributed by atoms with Crippen molar-refractivity contribution >= 4 is 5.91 Å².